The summed E-state index contributed by atoms with van der Waals surface area (Å²) in [7, 11) is 0. The van der Waals surface area contributed by atoms with Gasteiger partial charge in [-0.1, -0.05) is 59.6 Å². The van der Waals surface area contributed by atoms with Crippen LogP contribution in [0.4, 0.5) is 4.39 Å². The summed E-state index contributed by atoms with van der Waals surface area (Å²) >= 11 is 0. The second kappa shape index (κ2) is 7.46. The standard InChI is InChI=1S/C30H47F/c1-27(2)23(22-11-9-21(20-31)10-12-22)13-18-29(4)24(27)15-19-30(5)25-8-6-7-16-28(25,3)17-14-26(29)30/h11,13,21,24-26H,6-10,12,14-20H2,1-5H3. The summed E-state index contributed by atoms with van der Waals surface area (Å²) in [6, 6.07) is 0. The van der Waals surface area contributed by atoms with E-state index in [1.165, 1.54) is 57.8 Å². The van der Waals surface area contributed by atoms with E-state index < -0.39 is 0 Å². The monoisotopic (exact) mass is 426 g/mol. The molecule has 0 aliphatic heterocycles. The molecule has 0 spiro atoms. The van der Waals surface area contributed by atoms with Crippen LogP contribution in [-0.4, -0.2) is 6.67 Å². The zero-order chi connectivity index (χ0) is 22.1. The Morgan fingerprint density at radius 1 is 0.806 bits per heavy atom. The zero-order valence-corrected chi connectivity index (χ0v) is 21.0. The molecule has 5 aliphatic rings. The first kappa shape index (κ1) is 22.2. The Morgan fingerprint density at radius 3 is 2.29 bits per heavy atom. The lowest BCUT2D eigenvalue weighted by Gasteiger charge is -2.69. The van der Waals surface area contributed by atoms with Gasteiger partial charge >= 0.3 is 0 Å². The predicted molar refractivity (Wildman–Crippen MR) is 130 cm³/mol. The minimum absolute atomic E-state index is 0.146. The molecule has 0 saturated heterocycles. The third-order valence-electron chi connectivity index (χ3n) is 11.9. The summed E-state index contributed by atoms with van der Waals surface area (Å²) in [6.07, 6.45) is 21.1. The summed E-state index contributed by atoms with van der Waals surface area (Å²) in [5, 5.41) is 0. The molecule has 0 aromatic heterocycles. The summed E-state index contributed by atoms with van der Waals surface area (Å²) < 4.78 is 13.2. The highest BCUT2D eigenvalue weighted by molar-refractivity contribution is 5.41. The summed E-state index contributed by atoms with van der Waals surface area (Å²) in [4.78, 5) is 0. The third-order valence-corrected chi connectivity index (χ3v) is 11.9. The lowest BCUT2D eigenvalue weighted by Crippen LogP contribution is -2.61. The maximum atomic E-state index is 13.2. The molecular formula is C30H47F. The highest BCUT2D eigenvalue weighted by atomic mass is 19.1. The molecule has 7 unspecified atom stereocenters. The van der Waals surface area contributed by atoms with Gasteiger partial charge in [-0.2, -0.15) is 0 Å². The molecule has 0 radical (unpaired) electrons. The SMILES string of the molecule is CC12CCCCC1C1(C)CCC3C(C)(C)C(C4=CCC(CF)CC4)=CCC3(C)C1CC2. The van der Waals surface area contributed by atoms with E-state index in [0.29, 0.717) is 16.2 Å². The quantitative estimate of drug-likeness (QED) is 0.413. The van der Waals surface area contributed by atoms with E-state index in [2.05, 4.69) is 46.8 Å². The summed E-state index contributed by atoms with van der Waals surface area (Å²) in [5.41, 5.74) is 5.03. The number of rotatable bonds is 2. The molecule has 31 heavy (non-hydrogen) atoms. The van der Waals surface area contributed by atoms with Crippen molar-refractivity contribution in [1.29, 1.82) is 0 Å². The molecule has 0 aromatic carbocycles. The number of hydrogen-bond acceptors (Lipinski definition) is 0. The van der Waals surface area contributed by atoms with Gasteiger partial charge in [-0.05, 0) is 121 Å². The molecule has 0 heterocycles. The minimum atomic E-state index is -0.146. The second-order valence-corrected chi connectivity index (χ2v) is 13.7. The van der Waals surface area contributed by atoms with E-state index in [0.717, 1.165) is 37.0 Å². The van der Waals surface area contributed by atoms with E-state index in [1.54, 1.807) is 11.1 Å². The van der Waals surface area contributed by atoms with Crippen molar-refractivity contribution in [2.24, 2.45) is 45.3 Å². The first-order valence-electron chi connectivity index (χ1n) is 13.6. The van der Waals surface area contributed by atoms with E-state index in [1.807, 2.05) is 0 Å². The van der Waals surface area contributed by atoms with Crippen molar-refractivity contribution in [2.45, 2.75) is 112 Å². The minimum Gasteiger partial charge on any atom is -0.251 e. The van der Waals surface area contributed by atoms with Crippen LogP contribution in [0.15, 0.2) is 23.3 Å². The second-order valence-electron chi connectivity index (χ2n) is 13.7. The van der Waals surface area contributed by atoms with Gasteiger partial charge in [-0.3, -0.25) is 4.39 Å². The average molecular weight is 427 g/mol. The first-order valence-corrected chi connectivity index (χ1v) is 13.6. The number of fused-ring (bicyclic) bond motifs is 5. The van der Waals surface area contributed by atoms with Crippen LogP contribution in [0.1, 0.15) is 112 Å². The molecule has 0 aromatic rings. The number of hydrogen-bond donors (Lipinski definition) is 0. The normalized spacial score (nSPS) is 49.2. The van der Waals surface area contributed by atoms with Crippen LogP contribution in [0.2, 0.25) is 0 Å². The fraction of sp³-hybridized carbons (Fsp3) is 0.867. The molecule has 0 nitrogen and oxygen atoms in total. The smallest absolute Gasteiger partial charge is 0.0925 e. The first-order chi connectivity index (χ1) is 14.6. The Bertz CT molecular complexity index is 773. The maximum absolute atomic E-state index is 13.2. The molecule has 1 heteroatoms. The molecule has 3 saturated carbocycles. The molecule has 3 fully saturated rings. The van der Waals surface area contributed by atoms with Crippen LogP contribution >= 0.6 is 0 Å². The Labute approximate surface area is 191 Å². The Balaban J connectivity index is 1.47. The number of allylic oxidation sites excluding steroid dienone is 4. The Hall–Kier alpha value is -0.590. The van der Waals surface area contributed by atoms with Crippen molar-refractivity contribution in [3.05, 3.63) is 23.3 Å². The van der Waals surface area contributed by atoms with Crippen molar-refractivity contribution in [1.82, 2.24) is 0 Å². The van der Waals surface area contributed by atoms with Gasteiger partial charge < -0.3 is 0 Å². The topological polar surface area (TPSA) is 0 Å². The zero-order valence-electron chi connectivity index (χ0n) is 21.0. The van der Waals surface area contributed by atoms with Crippen molar-refractivity contribution in [3.63, 3.8) is 0 Å². The summed E-state index contributed by atoms with van der Waals surface area (Å²) in [5.74, 6) is 2.87. The van der Waals surface area contributed by atoms with Gasteiger partial charge in [0.25, 0.3) is 0 Å². The molecule has 7 atom stereocenters. The van der Waals surface area contributed by atoms with Crippen molar-refractivity contribution >= 4 is 0 Å². The Kier molecular flexibility index (Phi) is 5.35. The van der Waals surface area contributed by atoms with Crippen LogP contribution < -0.4 is 0 Å². The van der Waals surface area contributed by atoms with Gasteiger partial charge in [0.05, 0.1) is 6.67 Å². The van der Waals surface area contributed by atoms with Crippen LogP contribution in [0.25, 0.3) is 0 Å². The Morgan fingerprint density at radius 2 is 1.58 bits per heavy atom. The van der Waals surface area contributed by atoms with Crippen molar-refractivity contribution < 1.29 is 4.39 Å². The number of alkyl halides is 1. The molecule has 5 aliphatic carbocycles. The van der Waals surface area contributed by atoms with Gasteiger partial charge in [0.2, 0.25) is 0 Å². The van der Waals surface area contributed by atoms with Crippen LogP contribution in [-0.2, 0) is 0 Å². The van der Waals surface area contributed by atoms with E-state index in [9.17, 15) is 4.39 Å². The van der Waals surface area contributed by atoms with Crippen LogP contribution in [0, 0.1) is 45.3 Å². The van der Waals surface area contributed by atoms with E-state index >= 15 is 0 Å². The molecule has 0 N–H and O–H groups in total. The van der Waals surface area contributed by atoms with Gasteiger partial charge in [-0.25, -0.2) is 0 Å². The van der Waals surface area contributed by atoms with Gasteiger partial charge in [0.1, 0.15) is 0 Å². The van der Waals surface area contributed by atoms with Gasteiger partial charge in [0.15, 0.2) is 0 Å². The fourth-order valence-electron chi connectivity index (χ4n) is 10.4. The lowest BCUT2D eigenvalue weighted by molar-refractivity contribution is -0.183. The van der Waals surface area contributed by atoms with Gasteiger partial charge in [0, 0.05) is 0 Å². The number of halogens is 1. The fourth-order valence-corrected chi connectivity index (χ4v) is 10.4. The molecule has 174 valence electrons. The van der Waals surface area contributed by atoms with Crippen molar-refractivity contribution in [2.75, 3.05) is 6.67 Å². The third kappa shape index (κ3) is 3.18. The average Bonchev–Trinajstić information content (AvgIpc) is 2.73. The van der Waals surface area contributed by atoms with Crippen molar-refractivity contribution in [3.8, 4) is 0 Å². The van der Waals surface area contributed by atoms with Crippen LogP contribution in [0.3, 0.4) is 0 Å². The largest absolute Gasteiger partial charge is 0.251 e. The molecule has 5 rings (SSSR count). The highest BCUT2D eigenvalue weighted by Crippen LogP contribution is 2.72. The molecule has 0 amide bonds. The van der Waals surface area contributed by atoms with Gasteiger partial charge in [-0.15, -0.1) is 0 Å². The predicted octanol–water partition coefficient (Wildman–Crippen LogP) is 9.07. The highest BCUT2D eigenvalue weighted by Gasteiger charge is 2.64. The lowest BCUT2D eigenvalue weighted by atomic mass is 9.36. The van der Waals surface area contributed by atoms with E-state index in [-0.39, 0.29) is 18.0 Å². The summed E-state index contributed by atoms with van der Waals surface area (Å²) in [6.45, 7) is 13.0. The molecule has 0 bridgehead atoms. The van der Waals surface area contributed by atoms with Crippen LogP contribution in [0.5, 0.6) is 0 Å². The maximum Gasteiger partial charge on any atom is 0.0925 e. The van der Waals surface area contributed by atoms with E-state index in [4.69, 9.17) is 0 Å². The molecular weight excluding hydrogens is 379 g/mol.